The van der Waals surface area contributed by atoms with Crippen LogP contribution in [0.3, 0.4) is 0 Å². The first kappa shape index (κ1) is 12.2. The number of hydrogen-bond acceptors (Lipinski definition) is 3. The normalized spacial score (nSPS) is 10.7. The Hall–Kier alpha value is -1.85. The van der Waals surface area contributed by atoms with Crippen LogP contribution in [-0.2, 0) is 6.54 Å². The van der Waals surface area contributed by atoms with Gasteiger partial charge in [-0.15, -0.1) is 0 Å². The highest BCUT2D eigenvalue weighted by Crippen LogP contribution is 2.17. The van der Waals surface area contributed by atoms with Crippen LogP contribution in [0.25, 0.3) is 0 Å². The third-order valence-corrected chi connectivity index (χ3v) is 2.29. The maximum Gasteiger partial charge on any atom is 0.287 e. The molecular formula is C10H15N3O3. The summed E-state index contributed by atoms with van der Waals surface area (Å²) in [5.74, 6) is -0.181. The molecule has 1 aromatic heterocycles. The number of nitrogens with two attached hydrogens (primary N) is 1. The summed E-state index contributed by atoms with van der Waals surface area (Å²) >= 11 is 0. The van der Waals surface area contributed by atoms with E-state index in [2.05, 4.69) is 0 Å². The first-order chi connectivity index (χ1) is 7.41. The van der Waals surface area contributed by atoms with Crippen molar-refractivity contribution >= 4 is 11.6 Å². The quantitative estimate of drug-likeness (QED) is 0.608. The summed E-state index contributed by atoms with van der Waals surface area (Å²) in [5.41, 5.74) is 5.24. The molecule has 0 aliphatic carbocycles. The molecule has 6 nitrogen and oxygen atoms in total. The van der Waals surface area contributed by atoms with Crippen molar-refractivity contribution in [1.29, 1.82) is 0 Å². The summed E-state index contributed by atoms with van der Waals surface area (Å²) in [6, 6.07) is 1.21. The van der Waals surface area contributed by atoms with Gasteiger partial charge in [-0.3, -0.25) is 14.9 Å². The summed E-state index contributed by atoms with van der Waals surface area (Å²) in [7, 11) is 0. The molecule has 88 valence electrons. The second-order valence-corrected chi connectivity index (χ2v) is 4.08. The van der Waals surface area contributed by atoms with Crippen LogP contribution in [-0.4, -0.2) is 15.4 Å². The Morgan fingerprint density at radius 1 is 1.62 bits per heavy atom. The third kappa shape index (κ3) is 2.82. The van der Waals surface area contributed by atoms with Crippen LogP contribution in [0.2, 0.25) is 0 Å². The summed E-state index contributed by atoms with van der Waals surface area (Å²) in [4.78, 5) is 21.1. The number of primary amides is 1. The van der Waals surface area contributed by atoms with Crippen LogP contribution in [0, 0.1) is 16.0 Å². The molecule has 0 saturated carbocycles. The molecule has 2 N–H and O–H groups in total. The van der Waals surface area contributed by atoms with Crippen LogP contribution in [0.15, 0.2) is 12.3 Å². The summed E-state index contributed by atoms with van der Waals surface area (Å²) in [6.07, 6.45) is 2.19. The second-order valence-electron chi connectivity index (χ2n) is 4.08. The monoisotopic (exact) mass is 225 g/mol. The van der Waals surface area contributed by atoms with Crippen LogP contribution in [0.5, 0.6) is 0 Å². The van der Waals surface area contributed by atoms with E-state index in [-0.39, 0.29) is 11.4 Å². The maximum absolute atomic E-state index is 11.1. The molecule has 16 heavy (non-hydrogen) atoms. The average molecular weight is 225 g/mol. The Kier molecular flexibility index (Phi) is 3.65. The molecule has 0 bridgehead atoms. The Morgan fingerprint density at radius 3 is 2.69 bits per heavy atom. The summed E-state index contributed by atoms with van der Waals surface area (Å²) in [5, 5.41) is 10.6. The van der Waals surface area contributed by atoms with Gasteiger partial charge in [0.05, 0.1) is 11.1 Å². The van der Waals surface area contributed by atoms with Crippen molar-refractivity contribution in [3.63, 3.8) is 0 Å². The molecule has 0 spiro atoms. The molecule has 1 aromatic rings. The van der Waals surface area contributed by atoms with Crippen LogP contribution < -0.4 is 5.73 Å². The van der Waals surface area contributed by atoms with Gasteiger partial charge in [0.15, 0.2) is 0 Å². The standard InChI is InChI=1S/C10H15N3O3/c1-7(2)3-4-12-6-8(13(15)16)5-9(12)10(11)14/h5-7H,3-4H2,1-2H3,(H2,11,14). The molecule has 0 aliphatic heterocycles. The number of hydrogen-bond donors (Lipinski definition) is 1. The molecule has 0 fully saturated rings. The van der Waals surface area contributed by atoms with Crippen molar-refractivity contribution in [1.82, 2.24) is 4.57 Å². The molecule has 0 unspecified atom stereocenters. The number of carbonyl (C=O) groups excluding carboxylic acids is 1. The first-order valence-corrected chi connectivity index (χ1v) is 5.06. The van der Waals surface area contributed by atoms with Gasteiger partial charge in [0.2, 0.25) is 0 Å². The van der Waals surface area contributed by atoms with Crippen molar-refractivity contribution in [2.75, 3.05) is 0 Å². The van der Waals surface area contributed by atoms with Crippen molar-refractivity contribution in [2.45, 2.75) is 26.8 Å². The molecule has 1 rings (SSSR count). The van der Waals surface area contributed by atoms with Gasteiger partial charge in [0, 0.05) is 12.6 Å². The van der Waals surface area contributed by atoms with Gasteiger partial charge >= 0.3 is 0 Å². The van der Waals surface area contributed by atoms with Gasteiger partial charge in [-0.2, -0.15) is 0 Å². The van der Waals surface area contributed by atoms with E-state index in [0.29, 0.717) is 12.5 Å². The number of rotatable bonds is 5. The van der Waals surface area contributed by atoms with E-state index in [1.54, 1.807) is 4.57 Å². The molecule has 1 heterocycles. The van der Waals surface area contributed by atoms with Crippen molar-refractivity contribution < 1.29 is 9.72 Å². The molecule has 0 saturated heterocycles. The van der Waals surface area contributed by atoms with E-state index in [1.807, 2.05) is 13.8 Å². The molecule has 0 radical (unpaired) electrons. The van der Waals surface area contributed by atoms with E-state index in [1.165, 1.54) is 12.3 Å². The minimum atomic E-state index is -0.642. The van der Waals surface area contributed by atoms with Crippen molar-refractivity contribution in [2.24, 2.45) is 11.7 Å². The minimum absolute atomic E-state index is 0.0995. The Labute approximate surface area is 93.2 Å². The SMILES string of the molecule is CC(C)CCn1cc([N+](=O)[O-])cc1C(N)=O. The van der Waals surface area contributed by atoms with Gasteiger partial charge in [-0.05, 0) is 12.3 Å². The Balaban J connectivity index is 2.96. The predicted octanol–water partition coefficient (Wildman–Crippen LogP) is 1.54. The number of aromatic nitrogens is 1. The molecule has 1 amide bonds. The highest BCUT2D eigenvalue weighted by atomic mass is 16.6. The van der Waals surface area contributed by atoms with Gasteiger partial charge in [0.1, 0.15) is 5.69 Å². The lowest BCUT2D eigenvalue weighted by atomic mass is 10.1. The highest BCUT2D eigenvalue weighted by Gasteiger charge is 2.17. The number of nitro groups is 1. The molecular weight excluding hydrogens is 210 g/mol. The maximum atomic E-state index is 11.1. The molecule has 0 aliphatic rings. The zero-order chi connectivity index (χ0) is 12.3. The lowest BCUT2D eigenvalue weighted by Crippen LogP contribution is -2.17. The fourth-order valence-corrected chi connectivity index (χ4v) is 1.38. The smallest absolute Gasteiger partial charge is 0.287 e. The fraction of sp³-hybridized carbons (Fsp3) is 0.500. The second kappa shape index (κ2) is 4.78. The van der Waals surface area contributed by atoms with E-state index < -0.39 is 10.8 Å². The number of nitrogens with zero attached hydrogens (tertiary/aromatic N) is 2. The average Bonchev–Trinajstić information content (AvgIpc) is 2.58. The first-order valence-electron chi connectivity index (χ1n) is 5.06. The Bertz CT molecular complexity index is 409. The van der Waals surface area contributed by atoms with Gasteiger partial charge in [0.25, 0.3) is 11.6 Å². The van der Waals surface area contributed by atoms with Crippen molar-refractivity contribution in [3.8, 4) is 0 Å². The minimum Gasteiger partial charge on any atom is -0.364 e. The lowest BCUT2D eigenvalue weighted by molar-refractivity contribution is -0.384. The zero-order valence-corrected chi connectivity index (χ0v) is 9.34. The van der Waals surface area contributed by atoms with Crippen LogP contribution >= 0.6 is 0 Å². The number of carbonyl (C=O) groups is 1. The molecule has 6 heteroatoms. The number of amides is 1. The largest absolute Gasteiger partial charge is 0.364 e. The fourth-order valence-electron chi connectivity index (χ4n) is 1.38. The van der Waals surface area contributed by atoms with Crippen LogP contribution in [0.4, 0.5) is 5.69 Å². The van der Waals surface area contributed by atoms with E-state index in [0.717, 1.165) is 6.42 Å². The lowest BCUT2D eigenvalue weighted by Gasteiger charge is -2.07. The predicted molar refractivity (Wildman–Crippen MR) is 59.1 cm³/mol. The van der Waals surface area contributed by atoms with Gasteiger partial charge in [-0.25, -0.2) is 0 Å². The van der Waals surface area contributed by atoms with E-state index in [9.17, 15) is 14.9 Å². The topological polar surface area (TPSA) is 91.2 Å². The third-order valence-electron chi connectivity index (χ3n) is 2.29. The molecule has 0 atom stereocenters. The summed E-state index contributed by atoms with van der Waals surface area (Å²) in [6.45, 7) is 4.65. The highest BCUT2D eigenvalue weighted by molar-refractivity contribution is 5.92. The Morgan fingerprint density at radius 2 is 2.25 bits per heavy atom. The number of aryl methyl sites for hydroxylation is 1. The summed E-state index contributed by atoms with van der Waals surface area (Å²) < 4.78 is 1.54. The van der Waals surface area contributed by atoms with Crippen LogP contribution in [0.1, 0.15) is 30.8 Å². The van der Waals surface area contributed by atoms with E-state index >= 15 is 0 Å². The van der Waals surface area contributed by atoms with Gasteiger partial charge in [-0.1, -0.05) is 13.8 Å². The zero-order valence-electron chi connectivity index (χ0n) is 9.34. The van der Waals surface area contributed by atoms with Gasteiger partial charge < -0.3 is 10.3 Å². The van der Waals surface area contributed by atoms with E-state index in [4.69, 9.17) is 5.73 Å². The molecule has 0 aromatic carbocycles. The van der Waals surface area contributed by atoms with Crippen molar-refractivity contribution in [3.05, 3.63) is 28.1 Å².